The van der Waals surface area contributed by atoms with Crippen molar-refractivity contribution in [3.05, 3.63) is 0 Å². The van der Waals surface area contributed by atoms with E-state index in [2.05, 4.69) is 18.9 Å². The minimum absolute atomic E-state index is 0.864. The average molecular weight is 171 g/mol. The molecule has 1 saturated heterocycles. The summed E-state index contributed by atoms with van der Waals surface area (Å²) >= 11 is 0. The molecule has 0 radical (unpaired) electrons. The molecule has 0 aromatic carbocycles. The van der Waals surface area contributed by atoms with Crippen molar-refractivity contribution in [2.75, 3.05) is 33.4 Å². The number of piperidine rings is 1. The van der Waals surface area contributed by atoms with E-state index in [0.717, 1.165) is 19.1 Å². The van der Waals surface area contributed by atoms with Gasteiger partial charge in [-0.15, -0.1) is 0 Å². The van der Waals surface area contributed by atoms with E-state index in [1.165, 1.54) is 32.4 Å². The van der Waals surface area contributed by atoms with Crippen LogP contribution in [0.25, 0.3) is 0 Å². The number of ether oxygens (including phenoxy) is 1. The van der Waals surface area contributed by atoms with Crippen LogP contribution in [-0.4, -0.2) is 38.3 Å². The summed E-state index contributed by atoms with van der Waals surface area (Å²) in [5.41, 5.74) is 0. The molecule has 0 bridgehead atoms. The van der Waals surface area contributed by atoms with Crippen LogP contribution >= 0.6 is 0 Å². The lowest BCUT2D eigenvalue weighted by Gasteiger charge is -2.29. The van der Waals surface area contributed by atoms with Crippen LogP contribution in [-0.2, 0) is 4.74 Å². The summed E-state index contributed by atoms with van der Waals surface area (Å²) in [5, 5.41) is 0. The molecule has 1 fully saturated rings. The van der Waals surface area contributed by atoms with Crippen molar-refractivity contribution in [3.8, 4) is 0 Å². The van der Waals surface area contributed by atoms with Gasteiger partial charge in [0.05, 0.1) is 0 Å². The third-order valence-electron chi connectivity index (χ3n) is 2.60. The van der Waals surface area contributed by atoms with Crippen LogP contribution in [0.3, 0.4) is 0 Å². The van der Waals surface area contributed by atoms with Crippen molar-refractivity contribution >= 4 is 0 Å². The molecule has 0 spiro atoms. The summed E-state index contributed by atoms with van der Waals surface area (Å²) in [4.78, 5) is 2.43. The van der Waals surface area contributed by atoms with Gasteiger partial charge < -0.3 is 9.64 Å². The molecule has 72 valence electrons. The summed E-state index contributed by atoms with van der Waals surface area (Å²) in [7, 11) is 2.22. The van der Waals surface area contributed by atoms with Gasteiger partial charge in [-0.2, -0.15) is 0 Å². The molecule has 0 aliphatic carbocycles. The highest BCUT2D eigenvalue weighted by atomic mass is 16.5. The monoisotopic (exact) mass is 171 g/mol. The summed E-state index contributed by atoms with van der Waals surface area (Å²) in [5.74, 6) is 0.885. The van der Waals surface area contributed by atoms with Gasteiger partial charge in [0.25, 0.3) is 0 Å². The van der Waals surface area contributed by atoms with Gasteiger partial charge in [0.2, 0.25) is 0 Å². The average Bonchev–Trinajstić information content (AvgIpc) is 2.05. The molecular formula is C10H21NO. The number of hydrogen-bond donors (Lipinski definition) is 0. The molecule has 0 aromatic rings. The van der Waals surface area contributed by atoms with E-state index < -0.39 is 0 Å². The van der Waals surface area contributed by atoms with Gasteiger partial charge in [0.15, 0.2) is 0 Å². The van der Waals surface area contributed by atoms with E-state index in [1.54, 1.807) is 0 Å². The number of likely N-dealkylation sites (tertiary alicyclic amines) is 1. The first-order valence-electron chi connectivity index (χ1n) is 5.09. The van der Waals surface area contributed by atoms with Gasteiger partial charge in [-0.25, -0.2) is 0 Å². The molecule has 0 N–H and O–H groups in total. The smallest absolute Gasteiger partial charge is 0.0469 e. The van der Waals surface area contributed by atoms with Gasteiger partial charge in [0.1, 0.15) is 0 Å². The van der Waals surface area contributed by atoms with Crippen LogP contribution in [0.15, 0.2) is 0 Å². The van der Waals surface area contributed by atoms with Crippen LogP contribution in [0.4, 0.5) is 0 Å². The zero-order chi connectivity index (χ0) is 8.81. The highest BCUT2D eigenvalue weighted by Crippen LogP contribution is 2.17. The fourth-order valence-corrected chi connectivity index (χ4v) is 1.90. The van der Waals surface area contributed by atoms with E-state index >= 15 is 0 Å². The molecule has 0 aromatic heterocycles. The van der Waals surface area contributed by atoms with Crippen LogP contribution in [0.2, 0.25) is 0 Å². The molecule has 0 amide bonds. The number of nitrogens with zero attached hydrogens (tertiary/aromatic N) is 1. The molecule has 2 nitrogen and oxygen atoms in total. The molecule has 2 heteroatoms. The Balaban J connectivity index is 2.06. The third kappa shape index (κ3) is 3.55. The second-order valence-corrected chi connectivity index (χ2v) is 3.76. The van der Waals surface area contributed by atoms with E-state index in [1.807, 2.05) is 0 Å². The molecular weight excluding hydrogens is 150 g/mol. The second-order valence-electron chi connectivity index (χ2n) is 3.76. The summed E-state index contributed by atoms with van der Waals surface area (Å²) in [6.07, 6.45) is 4.02. The first-order valence-corrected chi connectivity index (χ1v) is 5.09. The predicted molar refractivity (Wildman–Crippen MR) is 51.3 cm³/mol. The van der Waals surface area contributed by atoms with Crippen LogP contribution < -0.4 is 0 Å². The normalized spacial score (nSPS) is 26.0. The largest absolute Gasteiger partial charge is 0.382 e. The Kier molecular flexibility index (Phi) is 4.62. The molecule has 1 heterocycles. The minimum atomic E-state index is 0.864. The highest BCUT2D eigenvalue weighted by molar-refractivity contribution is 4.70. The van der Waals surface area contributed by atoms with E-state index in [9.17, 15) is 0 Å². The van der Waals surface area contributed by atoms with Crippen LogP contribution in [0.1, 0.15) is 26.2 Å². The summed E-state index contributed by atoms with van der Waals surface area (Å²) < 4.78 is 5.35. The molecule has 12 heavy (non-hydrogen) atoms. The molecule has 1 aliphatic rings. The van der Waals surface area contributed by atoms with Gasteiger partial charge in [-0.3, -0.25) is 0 Å². The molecule has 1 rings (SSSR count). The molecule has 1 aliphatic heterocycles. The topological polar surface area (TPSA) is 12.5 Å². The highest BCUT2D eigenvalue weighted by Gasteiger charge is 2.16. The van der Waals surface area contributed by atoms with Crippen molar-refractivity contribution < 1.29 is 4.74 Å². The van der Waals surface area contributed by atoms with Gasteiger partial charge in [-0.1, -0.05) is 0 Å². The number of rotatable bonds is 4. The van der Waals surface area contributed by atoms with Gasteiger partial charge in [0, 0.05) is 19.8 Å². The Hall–Kier alpha value is -0.0800. The van der Waals surface area contributed by atoms with Crippen molar-refractivity contribution in [1.82, 2.24) is 4.90 Å². The summed E-state index contributed by atoms with van der Waals surface area (Å²) in [6.45, 7) is 6.43. The fraction of sp³-hybridized carbons (Fsp3) is 1.00. The molecule has 1 atom stereocenters. The predicted octanol–water partition coefficient (Wildman–Crippen LogP) is 1.75. The Morgan fingerprint density at radius 3 is 3.00 bits per heavy atom. The maximum Gasteiger partial charge on any atom is 0.0469 e. The maximum absolute atomic E-state index is 5.35. The first kappa shape index (κ1) is 10.0. The van der Waals surface area contributed by atoms with Crippen LogP contribution in [0, 0.1) is 5.92 Å². The third-order valence-corrected chi connectivity index (χ3v) is 2.60. The molecule has 0 saturated carbocycles. The second kappa shape index (κ2) is 5.55. The van der Waals surface area contributed by atoms with Gasteiger partial charge in [-0.05, 0) is 45.7 Å². The lowest BCUT2D eigenvalue weighted by Crippen LogP contribution is -2.32. The Morgan fingerprint density at radius 2 is 2.33 bits per heavy atom. The lowest BCUT2D eigenvalue weighted by molar-refractivity contribution is 0.111. The molecule has 1 unspecified atom stereocenters. The quantitative estimate of drug-likeness (QED) is 0.598. The SMILES string of the molecule is CCOCCC1CCCN(C)C1. The Morgan fingerprint density at radius 1 is 1.50 bits per heavy atom. The number of hydrogen-bond acceptors (Lipinski definition) is 2. The Labute approximate surface area is 75.9 Å². The van der Waals surface area contributed by atoms with Crippen molar-refractivity contribution in [3.63, 3.8) is 0 Å². The van der Waals surface area contributed by atoms with Crippen molar-refractivity contribution in [2.45, 2.75) is 26.2 Å². The summed E-state index contributed by atoms with van der Waals surface area (Å²) in [6, 6.07) is 0. The van der Waals surface area contributed by atoms with E-state index in [-0.39, 0.29) is 0 Å². The maximum atomic E-state index is 5.35. The fourth-order valence-electron chi connectivity index (χ4n) is 1.90. The van der Waals surface area contributed by atoms with Crippen molar-refractivity contribution in [2.24, 2.45) is 5.92 Å². The van der Waals surface area contributed by atoms with Crippen LogP contribution in [0.5, 0.6) is 0 Å². The zero-order valence-electron chi connectivity index (χ0n) is 8.38. The van der Waals surface area contributed by atoms with Gasteiger partial charge >= 0.3 is 0 Å². The standard InChI is InChI=1S/C10H21NO/c1-3-12-8-6-10-5-4-7-11(2)9-10/h10H,3-9H2,1-2H3. The minimum Gasteiger partial charge on any atom is -0.382 e. The van der Waals surface area contributed by atoms with Crippen molar-refractivity contribution in [1.29, 1.82) is 0 Å². The lowest BCUT2D eigenvalue weighted by atomic mass is 9.96. The van der Waals surface area contributed by atoms with E-state index in [4.69, 9.17) is 4.74 Å². The zero-order valence-corrected chi connectivity index (χ0v) is 8.38. The Bertz CT molecular complexity index is 116. The first-order chi connectivity index (χ1) is 5.83. The van der Waals surface area contributed by atoms with E-state index in [0.29, 0.717) is 0 Å².